The first-order valence-electron chi connectivity index (χ1n) is 8.86. The van der Waals surface area contributed by atoms with E-state index in [1.54, 1.807) is 11.3 Å². The van der Waals surface area contributed by atoms with Crippen LogP contribution in [0.15, 0.2) is 54.6 Å². The van der Waals surface area contributed by atoms with Crippen LogP contribution in [0.1, 0.15) is 17.4 Å². The monoisotopic (exact) mass is 414 g/mol. The van der Waals surface area contributed by atoms with E-state index in [4.69, 9.17) is 14.4 Å². The number of hydroxylamine groups is 1. The number of ether oxygens (including phenoxy) is 1. The summed E-state index contributed by atoms with van der Waals surface area (Å²) in [6.07, 6.45) is 1.05. The topological polar surface area (TPSA) is 108 Å². The maximum absolute atomic E-state index is 11.8. The highest BCUT2D eigenvalue weighted by Gasteiger charge is 2.08. The number of carbonyl (C=O) groups excluding carboxylic acids is 3. The van der Waals surface area contributed by atoms with Crippen LogP contribution in [0.3, 0.4) is 0 Å². The predicted octanol–water partition coefficient (Wildman–Crippen LogP) is 2.76. The molecule has 0 saturated heterocycles. The molecule has 152 valence electrons. The molecule has 0 saturated carbocycles. The van der Waals surface area contributed by atoms with Crippen LogP contribution < -0.4 is 16.0 Å². The maximum Gasteiger partial charge on any atom is 0.281 e. The first-order chi connectivity index (χ1) is 14.0. The molecule has 3 N–H and O–H groups in total. The van der Waals surface area contributed by atoms with E-state index < -0.39 is 5.91 Å². The van der Waals surface area contributed by atoms with E-state index in [-0.39, 0.29) is 18.8 Å². The number of hydrogen-bond donors (Lipinski definition) is 2. The van der Waals surface area contributed by atoms with E-state index in [1.807, 2.05) is 42.5 Å². The van der Waals surface area contributed by atoms with E-state index in [0.29, 0.717) is 6.61 Å². The second-order valence-electron chi connectivity index (χ2n) is 5.84. The van der Waals surface area contributed by atoms with E-state index in [2.05, 4.69) is 30.3 Å². The summed E-state index contributed by atoms with van der Waals surface area (Å²) in [5.74, 6) is -0.513. The number of fused-ring (bicyclic) bond motifs is 1. The Morgan fingerprint density at radius 3 is 2.52 bits per heavy atom. The summed E-state index contributed by atoms with van der Waals surface area (Å²) in [7, 11) is 0. The minimum Gasteiger partial charge on any atom is -0.483 e. The second kappa shape index (κ2) is 11.6. The molecule has 1 heterocycles. The van der Waals surface area contributed by atoms with Crippen molar-refractivity contribution in [3.05, 3.63) is 65.0 Å². The lowest BCUT2D eigenvalue weighted by molar-refractivity contribution is -0.136. The molecular formula is C21H22N2O5S. The van der Waals surface area contributed by atoms with Gasteiger partial charge in [-0.25, -0.2) is 5.48 Å². The summed E-state index contributed by atoms with van der Waals surface area (Å²) in [5, 5.41) is 1.05. The second-order valence-corrected chi connectivity index (χ2v) is 7.01. The lowest BCUT2D eigenvalue weighted by atomic mass is 10.2. The van der Waals surface area contributed by atoms with E-state index in [0.717, 1.165) is 23.1 Å². The van der Waals surface area contributed by atoms with Gasteiger partial charge in [-0.2, -0.15) is 0 Å². The van der Waals surface area contributed by atoms with Crippen LogP contribution in [0.2, 0.25) is 0 Å². The molecular weight excluding hydrogens is 392 g/mol. The zero-order chi connectivity index (χ0) is 21.1. The standard InChI is InChI=1S/C19H19NO3S.C2H3NO2/c1-2-15-11-16-17(9-6-10-18(16)24-15)22-13-19(21)20-23-12-14-7-4-3-5-8-14;3-2(5)1-4/h3-11H,2,12-13H2,1H3,(H,20,21);1H,(H2,3,5). The van der Waals surface area contributed by atoms with Gasteiger partial charge in [-0.1, -0.05) is 43.3 Å². The highest BCUT2D eigenvalue weighted by atomic mass is 32.1. The highest BCUT2D eigenvalue weighted by molar-refractivity contribution is 7.19. The van der Waals surface area contributed by atoms with Gasteiger partial charge in [-0.05, 0) is 30.2 Å². The number of hydrogen-bond acceptors (Lipinski definition) is 6. The molecule has 3 rings (SSSR count). The number of aldehydes is 1. The van der Waals surface area contributed by atoms with Crippen LogP contribution in [0.4, 0.5) is 0 Å². The van der Waals surface area contributed by atoms with Crippen LogP contribution in [0, 0.1) is 0 Å². The van der Waals surface area contributed by atoms with Gasteiger partial charge >= 0.3 is 0 Å². The fourth-order valence-electron chi connectivity index (χ4n) is 2.33. The molecule has 29 heavy (non-hydrogen) atoms. The summed E-state index contributed by atoms with van der Waals surface area (Å²) in [5.41, 5.74) is 7.68. The molecule has 0 aliphatic rings. The van der Waals surface area contributed by atoms with Gasteiger partial charge in [0.25, 0.3) is 11.8 Å². The number of amides is 2. The normalized spacial score (nSPS) is 9.97. The smallest absolute Gasteiger partial charge is 0.281 e. The van der Waals surface area contributed by atoms with Crippen LogP contribution in [-0.2, 0) is 32.2 Å². The number of thiophene rings is 1. The number of rotatable bonds is 8. The Kier molecular flexibility index (Phi) is 8.81. The Hall–Kier alpha value is -3.23. The Bertz CT molecular complexity index is 956. The van der Waals surface area contributed by atoms with Crippen molar-refractivity contribution in [2.75, 3.05) is 6.61 Å². The number of aryl methyl sites for hydroxylation is 1. The number of carbonyl (C=O) groups is 3. The number of nitrogens with two attached hydrogens (primary N) is 1. The van der Waals surface area contributed by atoms with E-state index >= 15 is 0 Å². The van der Waals surface area contributed by atoms with Crippen LogP contribution in [0.25, 0.3) is 10.1 Å². The van der Waals surface area contributed by atoms with Crippen molar-refractivity contribution in [2.45, 2.75) is 20.0 Å². The SMILES string of the molecule is CCc1cc2c(OCC(=O)NOCc3ccccc3)cccc2s1.NC(=O)C=O. The summed E-state index contributed by atoms with van der Waals surface area (Å²) in [4.78, 5) is 36.6. The molecule has 0 unspecified atom stereocenters. The van der Waals surface area contributed by atoms with Gasteiger partial charge in [0.05, 0.1) is 6.61 Å². The van der Waals surface area contributed by atoms with Crippen molar-refractivity contribution in [3.8, 4) is 5.75 Å². The Labute approximate surface area is 172 Å². The van der Waals surface area contributed by atoms with Gasteiger partial charge < -0.3 is 10.5 Å². The summed E-state index contributed by atoms with van der Waals surface area (Å²) >= 11 is 1.75. The first-order valence-corrected chi connectivity index (χ1v) is 9.68. The third kappa shape index (κ3) is 7.36. The van der Waals surface area contributed by atoms with E-state index in [9.17, 15) is 9.59 Å². The van der Waals surface area contributed by atoms with Gasteiger partial charge in [0, 0.05) is 15.0 Å². The molecule has 0 atom stereocenters. The fraction of sp³-hybridized carbons (Fsp3) is 0.190. The summed E-state index contributed by atoms with van der Waals surface area (Å²) < 4.78 is 6.83. The van der Waals surface area contributed by atoms with Crippen molar-refractivity contribution < 1.29 is 24.0 Å². The average molecular weight is 414 g/mol. The van der Waals surface area contributed by atoms with Gasteiger partial charge in [0.15, 0.2) is 6.61 Å². The third-order valence-corrected chi connectivity index (χ3v) is 4.91. The number of primary amides is 1. The molecule has 2 aromatic carbocycles. The molecule has 0 aliphatic carbocycles. The first kappa shape index (κ1) is 22.1. The molecule has 0 fully saturated rings. The molecule has 0 radical (unpaired) electrons. The quantitative estimate of drug-likeness (QED) is 0.335. The molecule has 8 heteroatoms. The molecule has 3 aromatic rings. The van der Waals surface area contributed by atoms with Crippen molar-refractivity contribution in [1.29, 1.82) is 0 Å². The van der Waals surface area contributed by atoms with Gasteiger partial charge in [-0.3, -0.25) is 19.2 Å². The zero-order valence-corrected chi connectivity index (χ0v) is 16.7. The van der Waals surface area contributed by atoms with Crippen LogP contribution >= 0.6 is 11.3 Å². The Balaban J connectivity index is 0.000000537. The van der Waals surface area contributed by atoms with Crippen molar-refractivity contribution in [3.63, 3.8) is 0 Å². The highest BCUT2D eigenvalue weighted by Crippen LogP contribution is 2.32. The minimum absolute atomic E-state index is 0.0556. The number of benzene rings is 2. The largest absolute Gasteiger partial charge is 0.483 e. The predicted molar refractivity (Wildman–Crippen MR) is 111 cm³/mol. The van der Waals surface area contributed by atoms with Gasteiger partial charge in [0.2, 0.25) is 6.29 Å². The van der Waals surface area contributed by atoms with Crippen LogP contribution in [0.5, 0.6) is 5.75 Å². The van der Waals surface area contributed by atoms with Crippen LogP contribution in [-0.4, -0.2) is 24.7 Å². The van der Waals surface area contributed by atoms with Gasteiger partial charge in [0.1, 0.15) is 5.75 Å². The summed E-state index contributed by atoms with van der Waals surface area (Å²) in [6.45, 7) is 2.38. The Morgan fingerprint density at radius 1 is 1.14 bits per heavy atom. The van der Waals surface area contributed by atoms with Crippen molar-refractivity contribution in [2.24, 2.45) is 5.73 Å². The van der Waals surface area contributed by atoms with Gasteiger partial charge in [-0.15, -0.1) is 11.3 Å². The lowest BCUT2D eigenvalue weighted by Crippen LogP contribution is -2.28. The maximum atomic E-state index is 11.8. The molecule has 2 amide bonds. The third-order valence-electron chi connectivity index (χ3n) is 3.66. The molecule has 0 aliphatic heterocycles. The minimum atomic E-state index is -0.926. The average Bonchev–Trinajstić information content (AvgIpc) is 3.17. The Morgan fingerprint density at radius 2 is 1.86 bits per heavy atom. The molecule has 1 aromatic heterocycles. The van der Waals surface area contributed by atoms with E-state index in [1.165, 1.54) is 9.58 Å². The van der Waals surface area contributed by atoms with Crippen molar-refractivity contribution in [1.82, 2.24) is 5.48 Å². The number of nitrogens with one attached hydrogen (secondary N) is 1. The lowest BCUT2D eigenvalue weighted by Gasteiger charge is -2.08. The fourth-order valence-corrected chi connectivity index (χ4v) is 3.35. The summed E-state index contributed by atoms with van der Waals surface area (Å²) in [6, 6.07) is 17.7. The molecule has 0 bridgehead atoms. The van der Waals surface area contributed by atoms with Crippen molar-refractivity contribution >= 4 is 39.5 Å². The zero-order valence-electron chi connectivity index (χ0n) is 15.9. The molecule has 7 nitrogen and oxygen atoms in total. The molecule has 0 spiro atoms.